The normalized spacial score (nSPS) is 11.0. The van der Waals surface area contributed by atoms with E-state index in [1.54, 1.807) is 0 Å². The summed E-state index contributed by atoms with van der Waals surface area (Å²) in [5.41, 5.74) is 2.10. The minimum atomic E-state index is 0.444. The summed E-state index contributed by atoms with van der Waals surface area (Å²) in [5, 5.41) is 6.17. The number of guanidine groups is 1. The van der Waals surface area contributed by atoms with E-state index in [0.29, 0.717) is 19.0 Å². The van der Waals surface area contributed by atoms with Gasteiger partial charge in [-0.25, -0.2) is 9.98 Å². The highest BCUT2D eigenvalue weighted by molar-refractivity contribution is 5.79. The average molecular weight is 281 g/mol. The molecule has 5 heteroatoms. The molecule has 0 radical (unpaired) electrons. The first kappa shape index (κ1) is 14.7. The third-order valence-corrected chi connectivity index (χ3v) is 2.80. The number of imidazole rings is 1. The second kappa shape index (κ2) is 7.75. The number of H-pyrrole nitrogens is 1. The van der Waals surface area contributed by atoms with Crippen molar-refractivity contribution in [3.05, 3.63) is 42.4 Å². The number of aromatic nitrogens is 2. The predicted molar refractivity (Wildman–Crippen MR) is 85.7 cm³/mol. The molecule has 0 aliphatic carbocycles. The van der Waals surface area contributed by atoms with Crippen LogP contribution >= 0.6 is 0 Å². The first-order valence-electron chi connectivity index (χ1n) is 6.88. The number of nitrogens with zero attached hydrogens (tertiary/aromatic N) is 2. The molecule has 0 aliphatic rings. The van der Waals surface area contributed by atoms with E-state index in [1.807, 2.05) is 43.5 Å². The largest absolute Gasteiger partial charge is 0.357 e. The van der Waals surface area contributed by atoms with Crippen LogP contribution in [0.3, 0.4) is 0 Å². The number of hydrogen-bond donors (Lipinski definition) is 3. The third kappa shape index (κ3) is 4.39. The molecule has 2 rings (SSSR count). The van der Waals surface area contributed by atoms with Crippen molar-refractivity contribution >= 4 is 5.96 Å². The molecular formula is C16H19N5. The lowest BCUT2D eigenvalue weighted by Crippen LogP contribution is -2.37. The lowest BCUT2D eigenvalue weighted by atomic mass is 10.2. The van der Waals surface area contributed by atoms with Gasteiger partial charge in [-0.2, -0.15) is 0 Å². The molecule has 1 aromatic heterocycles. The van der Waals surface area contributed by atoms with Gasteiger partial charge in [0.15, 0.2) is 5.96 Å². The number of aliphatic imine (C=N–C) groups is 1. The zero-order valence-corrected chi connectivity index (χ0v) is 12.1. The maximum absolute atomic E-state index is 5.23. The molecule has 5 nitrogen and oxygen atoms in total. The quantitative estimate of drug-likeness (QED) is 0.444. The molecule has 0 amide bonds. The zero-order chi connectivity index (χ0) is 14.9. The predicted octanol–water partition coefficient (Wildman–Crippen LogP) is 1.76. The van der Waals surface area contributed by atoms with E-state index in [9.17, 15) is 0 Å². The van der Waals surface area contributed by atoms with Crippen molar-refractivity contribution in [3.63, 3.8) is 0 Å². The number of aromatic amines is 1. The van der Waals surface area contributed by atoms with E-state index in [0.717, 1.165) is 23.6 Å². The fraction of sp³-hybridized carbons (Fsp3) is 0.250. The molecule has 0 aliphatic heterocycles. The molecule has 0 atom stereocenters. The maximum atomic E-state index is 5.23. The Hall–Kier alpha value is -2.74. The van der Waals surface area contributed by atoms with Crippen LogP contribution in [-0.4, -0.2) is 29.0 Å². The van der Waals surface area contributed by atoms with Gasteiger partial charge in [-0.05, 0) is 12.5 Å². The Labute approximate surface area is 124 Å². The summed E-state index contributed by atoms with van der Waals surface area (Å²) in [6, 6.07) is 10.1. The molecule has 0 saturated heterocycles. The van der Waals surface area contributed by atoms with Crippen molar-refractivity contribution in [2.75, 3.05) is 13.1 Å². The summed E-state index contributed by atoms with van der Waals surface area (Å²) in [4.78, 5) is 12.0. The van der Waals surface area contributed by atoms with E-state index >= 15 is 0 Å². The minimum Gasteiger partial charge on any atom is -0.357 e. The Balaban J connectivity index is 2.03. The van der Waals surface area contributed by atoms with Gasteiger partial charge in [0, 0.05) is 6.54 Å². The summed E-state index contributed by atoms with van der Waals surface area (Å²) >= 11 is 0. The zero-order valence-electron chi connectivity index (χ0n) is 12.1. The van der Waals surface area contributed by atoms with Gasteiger partial charge in [0.1, 0.15) is 12.4 Å². The van der Waals surface area contributed by atoms with Gasteiger partial charge in [0.05, 0.1) is 18.4 Å². The highest BCUT2D eigenvalue weighted by Crippen LogP contribution is 2.16. The molecule has 108 valence electrons. The fourth-order valence-electron chi connectivity index (χ4n) is 1.84. The van der Waals surface area contributed by atoms with Gasteiger partial charge >= 0.3 is 0 Å². The van der Waals surface area contributed by atoms with Gasteiger partial charge in [0.2, 0.25) is 0 Å². The Morgan fingerprint density at radius 2 is 2.14 bits per heavy atom. The van der Waals surface area contributed by atoms with Crippen LogP contribution < -0.4 is 10.6 Å². The van der Waals surface area contributed by atoms with Crippen LogP contribution in [0.1, 0.15) is 12.7 Å². The standard InChI is InChI=1S/C16H19N5/c1-3-10-18-16(17-4-2)20-12-15-19-11-14(21-15)13-8-6-5-7-9-13/h1,5-9,11H,4,10,12H2,2H3,(H,19,21)(H2,17,18,20). The van der Waals surface area contributed by atoms with E-state index in [-0.39, 0.29) is 0 Å². The molecule has 1 heterocycles. The van der Waals surface area contributed by atoms with Crippen LogP contribution in [0.2, 0.25) is 0 Å². The molecule has 21 heavy (non-hydrogen) atoms. The number of benzene rings is 1. The molecule has 0 bridgehead atoms. The first-order chi connectivity index (χ1) is 10.3. The minimum absolute atomic E-state index is 0.444. The molecular weight excluding hydrogens is 262 g/mol. The van der Waals surface area contributed by atoms with E-state index < -0.39 is 0 Å². The fourth-order valence-corrected chi connectivity index (χ4v) is 1.84. The van der Waals surface area contributed by atoms with Crippen molar-refractivity contribution < 1.29 is 0 Å². The second-order valence-corrected chi connectivity index (χ2v) is 4.36. The van der Waals surface area contributed by atoms with Crippen molar-refractivity contribution in [1.29, 1.82) is 0 Å². The molecule has 1 aromatic carbocycles. The monoisotopic (exact) mass is 281 g/mol. The Kier molecular flexibility index (Phi) is 5.41. The van der Waals surface area contributed by atoms with E-state index in [4.69, 9.17) is 6.42 Å². The molecule has 0 fully saturated rings. The third-order valence-electron chi connectivity index (χ3n) is 2.80. The Morgan fingerprint density at radius 1 is 1.33 bits per heavy atom. The van der Waals surface area contributed by atoms with Crippen molar-refractivity contribution in [3.8, 4) is 23.6 Å². The highest BCUT2D eigenvalue weighted by atomic mass is 15.2. The van der Waals surface area contributed by atoms with Crippen LogP contribution in [0.25, 0.3) is 11.3 Å². The van der Waals surface area contributed by atoms with Crippen LogP contribution in [0.15, 0.2) is 41.5 Å². The topological polar surface area (TPSA) is 65.1 Å². The van der Waals surface area contributed by atoms with Crippen molar-refractivity contribution in [2.24, 2.45) is 4.99 Å². The van der Waals surface area contributed by atoms with Gasteiger partial charge in [-0.15, -0.1) is 6.42 Å². The smallest absolute Gasteiger partial charge is 0.192 e. The number of rotatable bonds is 5. The van der Waals surface area contributed by atoms with Crippen LogP contribution in [-0.2, 0) is 6.54 Å². The van der Waals surface area contributed by atoms with Gasteiger partial charge in [-0.1, -0.05) is 36.3 Å². The SMILES string of the molecule is C#CCNC(=NCc1ncc(-c2ccccc2)[nH]1)NCC. The van der Waals surface area contributed by atoms with Crippen LogP contribution in [0.5, 0.6) is 0 Å². The first-order valence-corrected chi connectivity index (χ1v) is 6.88. The molecule has 0 unspecified atom stereocenters. The molecule has 3 N–H and O–H groups in total. The lowest BCUT2D eigenvalue weighted by Gasteiger charge is -2.07. The maximum Gasteiger partial charge on any atom is 0.192 e. The lowest BCUT2D eigenvalue weighted by molar-refractivity contribution is 0.849. The Bertz CT molecular complexity index is 622. The summed E-state index contributed by atoms with van der Waals surface area (Å²) in [7, 11) is 0. The summed E-state index contributed by atoms with van der Waals surface area (Å²) < 4.78 is 0. The van der Waals surface area contributed by atoms with Gasteiger partial charge in [0.25, 0.3) is 0 Å². The summed E-state index contributed by atoms with van der Waals surface area (Å²) in [6.45, 7) is 3.70. The van der Waals surface area contributed by atoms with Crippen LogP contribution in [0, 0.1) is 12.3 Å². The summed E-state index contributed by atoms with van der Waals surface area (Å²) in [6.07, 6.45) is 7.06. The number of nitrogens with one attached hydrogen (secondary N) is 3. The molecule has 2 aromatic rings. The number of hydrogen-bond acceptors (Lipinski definition) is 2. The molecule has 0 spiro atoms. The number of terminal acetylenes is 1. The van der Waals surface area contributed by atoms with E-state index in [1.165, 1.54) is 0 Å². The second-order valence-electron chi connectivity index (χ2n) is 4.36. The summed E-state index contributed by atoms with van der Waals surface area (Å²) in [5.74, 6) is 4.02. The van der Waals surface area contributed by atoms with Gasteiger partial charge < -0.3 is 15.6 Å². The Morgan fingerprint density at radius 3 is 2.86 bits per heavy atom. The average Bonchev–Trinajstić information content (AvgIpc) is 3.00. The van der Waals surface area contributed by atoms with Crippen molar-refractivity contribution in [2.45, 2.75) is 13.5 Å². The van der Waals surface area contributed by atoms with Gasteiger partial charge in [-0.3, -0.25) is 0 Å². The van der Waals surface area contributed by atoms with Crippen molar-refractivity contribution in [1.82, 2.24) is 20.6 Å². The highest BCUT2D eigenvalue weighted by Gasteiger charge is 2.03. The molecule has 0 saturated carbocycles. The van der Waals surface area contributed by atoms with Crippen LogP contribution in [0.4, 0.5) is 0 Å². The van der Waals surface area contributed by atoms with E-state index in [2.05, 4.69) is 31.5 Å².